The minimum atomic E-state index is -0.436. The fourth-order valence-electron chi connectivity index (χ4n) is 3.27. The van der Waals surface area contributed by atoms with Crippen LogP contribution in [0.3, 0.4) is 0 Å². The zero-order valence-electron chi connectivity index (χ0n) is 15.8. The van der Waals surface area contributed by atoms with Crippen LogP contribution in [0.5, 0.6) is 0 Å². The van der Waals surface area contributed by atoms with Gasteiger partial charge in [-0.15, -0.1) is 0 Å². The van der Waals surface area contributed by atoms with Gasteiger partial charge in [0, 0.05) is 26.7 Å². The molecule has 0 aliphatic carbocycles. The Morgan fingerprint density at radius 2 is 2.04 bits per heavy atom. The van der Waals surface area contributed by atoms with Crippen LogP contribution in [-0.2, 0) is 11.3 Å². The number of hydrogen-bond donors (Lipinski definition) is 0. The van der Waals surface area contributed by atoms with Crippen molar-refractivity contribution in [1.82, 2.24) is 9.80 Å². The second kappa shape index (κ2) is 8.02. The van der Waals surface area contributed by atoms with Crippen LogP contribution in [0.4, 0.5) is 4.79 Å². The van der Waals surface area contributed by atoms with E-state index >= 15 is 0 Å². The summed E-state index contributed by atoms with van der Waals surface area (Å²) in [5.41, 5.74) is 2.32. The maximum atomic E-state index is 12.1. The molecular formula is C20H32N2O2. The molecule has 24 heavy (non-hydrogen) atoms. The van der Waals surface area contributed by atoms with E-state index < -0.39 is 5.60 Å². The number of carbonyl (C=O) groups excluding carboxylic acids is 1. The molecule has 1 aromatic rings. The summed E-state index contributed by atoms with van der Waals surface area (Å²) in [5, 5.41) is 0. The number of nitrogens with zero attached hydrogens (tertiary/aromatic N) is 2. The average Bonchev–Trinajstić information content (AvgIpc) is 2.48. The Hall–Kier alpha value is -1.55. The highest BCUT2D eigenvalue weighted by molar-refractivity contribution is 5.67. The largest absolute Gasteiger partial charge is 0.444 e. The molecule has 1 aliphatic rings. The molecule has 0 unspecified atom stereocenters. The molecule has 2 rings (SSSR count). The molecule has 1 aliphatic heterocycles. The third kappa shape index (κ3) is 5.82. The van der Waals surface area contributed by atoms with Crippen LogP contribution in [-0.4, -0.2) is 48.2 Å². The standard InChI is InChI=1S/C20H32N2O2/c1-16-9-6-7-11-18(16)15-22-12-8-10-17(14-22)13-21(5)19(23)24-20(2,3)4/h6-7,9,11,17H,8,10,12-15H2,1-5H3/t17-/m0/s1. The molecule has 1 amide bonds. The van der Waals surface area contributed by atoms with Crippen LogP contribution in [0.15, 0.2) is 24.3 Å². The zero-order chi connectivity index (χ0) is 17.7. The van der Waals surface area contributed by atoms with Gasteiger partial charge in [-0.2, -0.15) is 0 Å². The van der Waals surface area contributed by atoms with Crippen LogP contribution in [0, 0.1) is 12.8 Å². The van der Waals surface area contributed by atoms with Gasteiger partial charge in [0.2, 0.25) is 0 Å². The van der Waals surface area contributed by atoms with Gasteiger partial charge < -0.3 is 9.64 Å². The summed E-state index contributed by atoms with van der Waals surface area (Å²) in [7, 11) is 1.84. The van der Waals surface area contributed by atoms with Crippen molar-refractivity contribution in [2.24, 2.45) is 5.92 Å². The number of piperidine rings is 1. The highest BCUT2D eigenvalue weighted by atomic mass is 16.6. The highest BCUT2D eigenvalue weighted by Crippen LogP contribution is 2.21. The molecule has 4 nitrogen and oxygen atoms in total. The molecule has 0 saturated carbocycles. The number of aryl methyl sites for hydroxylation is 1. The summed E-state index contributed by atoms with van der Waals surface area (Å²) in [4.78, 5) is 16.4. The van der Waals surface area contributed by atoms with Crippen molar-refractivity contribution >= 4 is 6.09 Å². The molecule has 0 spiro atoms. The van der Waals surface area contributed by atoms with Gasteiger partial charge in [0.25, 0.3) is 0 Å². The fourth-order valence-corrected chi connectivity index (χ4v) is 3.27. The van der Waals surface area contributed by atoms with Gasteiger partial charge in [0.05, 0.1) is 0 Å². The lowest BCUT2D eigenvalue weighted by Crippen LogP contribution is -2.42. The van der Waals surface area contributed by atoms with E-state index in [-0.39, 0.29) is 6.09 Å². The van der Waals surface area contributed by atoms with Crippen LogP contribution in [0.2, 0.25) is 0 Å². The summed E-state index contributed by atoms with van der Waals surface area (Å²) < 4.78 is 5.45. The van der Waals surface area contributed by atoms with Crippen LogP contribution in [0.1, 0.15) is 44.7 Å². The molecule has 134 valence electrons. The van der Waals surface area contributed by atoms with Gasteiger partial charge >= 0.3 is 6.09 Å². The smallest absolute Gasteiger partial charge is 0.410 e. The second-order valence-corrected chi connectivity index (χ2v) is 8.03. The number of amides is 1. The van der Waals surface area contributed by atoms with Gasteiger partial charge in [0.1, 0.15) is 5.60 Å². The van der Waals surface area contributed by atoms with Crippen molar-refractivity contribution in [1.29, 1.82) is 0 Å². The van der Waals surface area contributed by atoms with E-state index in [1.807, 2.05) is 27.8 Å². The predicted molar refractivity (Wildman–Crippen MR) is 98.0 cm³/mol. The van der Waals surface area contributed by atoms with E-state index in [4.69, 9.17) is 4.74 Å². The predicted octanol–water partition coefficient (Wildman–Crippen LogP) is 4.07. The molecule has 1 fully saturated rings. The number of carbonyl (C=O) groups is 1. The van der Waals surface area contributed by atoms with Crippen LogP contribution >= 0.6 is 0 Å². The second-order valence-electron chi connectivity index (χ2n) is 8.03. The van der Waals surface area contributed by atoms with Crippen LogP contribution < -0.4 is 0 Å². The van der Waals surface area contributed by atoms with Gasteiger partial charge in [-0.05, 0) is 64.1 Å². The Balaban J connectivity index is 1.86. The van der Waals surface area contributed by atoms with Gasteiger partial charge in [0.15, 0.2) is 0 Å². The molecule has 0 N–H and O–H groups in total. The van der Waals surface area contributed by atoms with E-state index in [9.17, 15) is 4.79 Å². The van der Waals surface area contributed by atoms with Crippen molar-refractivity contribution in [3.8, 4) is 0 Å². The molecule has 0 radical (unpaired) electrons. The normalized spacial score (nSPS) is 19.1. The van der Waals surface area contributed by atoms with Gasteiger partial charge in [-0.1, -0.05) is 24.3 Å². The summed E-state index contributed by atoms with van der Waals surface area (Å²) in [6.07, 6.45) is 2.15. The molecule has 1 saturated heterocycles. The van der Waals surface area contributed by atoms with Crippen LogP contribution in [0.25, 0.3) is 0 Å². The Bertz CT molecular complexity index is 551. The molecule has 0 aromatic heterocycles. The molecule has 1 aromatic carbocycles. The maximum absolute atomic E-state index is 12.1. The summed E-state index contributed by atoms with van der Waals surface area (Å²) in [5.74, 6) is 0.514. The Labute approximate surface area is 146 Å². The minimum Gasteiger partial charge on any atom is -0.444 e. The van der Waals surface area contributed by atoms with Crippen molar-refractivity contribution in [2.75, 3.05) is 26.7 Å². The first-order chi connectivity index (χ1) is 11.2. The monoisotopic (exact) mass is 332 g/mol. The first kappa shape index (κ1) is 18.8. The zero-order valence-corrected chi connectivity index (χ0v) is 15.8. The van der Waals surface area contributed by atoms with Crippen molar-refractivity contribution < 1.29 is 9.53 Å². The molecule has 0 bridgehead atoms. The van der Waals surface area contributed by atoms with E-state index in [1.54, 1.807) is 4.90 Å². The lowest BCUT2D eigenvalue weighted by molar-refractivity contribution is 0.0241. The quantitative estimate of drug-likeness (QED) is 0.833. The van der Waals surface area contributed by atoms with Gasteiger partial charge in [-0.25, -0.2) is 4.79 Å². The summed E-state index contributed by atoms with van der Waals surface area (Å²) >= 11 is 0. The Morgan fingerprint density at radius 3 is 2.71 bits per heavy atom. The summed E-state index contributed by atoms with van der Waals surface area (Å²) in [6, 6.07) is 8.59. The van der Waals surface area contributed by atoms with E-state index in [0.717, 1.165) is 26.2 Å². The highest BCUT2D eigenvalue weighted by Gasteiger charge is 2.25. The first-order valence-electron chi connectivity index (χ1n) is 8.95. The van der Waals surface area contributed by atoms with E-state index in [2.05, 4.69) is 36.1 Å². The summed E-state index contributed by atoms with van der Waals surface area (Å²) in [6.45, 7) is 11.8. The SMILES string of the molecule is Cc1ccccc1CN1CCC[C@@H](CN(C)C(=O)OC(C)(C)C)C1. The lowest BCUT2D eigenvalue weighted by Gasteiger charge is -2.35. The third-order valence-electron chi connectivity index (χ3n) is 4.50. The first-order valence-corrected chi connectivity index (χ1v) is 8.95. The van der Waals surface area contributed by atoms with E-state index in [1.165, 1.54) is 24.0 Å². The van der Waals surface area contributed by atoms with Crippen molar-refractivity contribution in [2.45, 2.75) is 52.7 Å². The molecule has 4 heteroatoms. The number of rotatable bonds is 4. The van der Waals surface area contributed by atoms with Crippen molar-refractivity contribution in [3.05, 3.63) is 35.4 Å². The maximum Gasteiger partial charge on any atom is 0.410 e. The number of ether oxygens (including phenoxy) is 1. The molecule has 1 heterocycles. The molecular weight excluding hydrogens is 300 g/mol. The fraction of sp³-hybridized carbons (Fsp3) is 0.650. The number of hydrogen-bond acceptors (Lipinski definition) is 3. The topological polar surface area (TPSA) is 32.8 Å². The van der Waals surface area contributed by atoms with Crippen molar-refractivity contribution in [3.63, 3.8) is 0 Å². The number of likely N-dealkylation sites (tertiary alicyclic amines) is 1. The third-order valence-corrected chi connectivity index (χ3v) is 4.50. The Kier molecular flexibility index (Phi) is 6.27. The molecule has 1 atom stereocenters. The average molecular weight is 332 g/mol. The minimum absolute atomic E-state index is 0.224. The lowest BCUT2D eigenvalue weighted by atomic mass is 9.96. The van der Waals surface area contributed by atoms with Gasteiger partial charge in [-0.3, -0.25) is 4.90 Å². The number of benzene rings is 1. The Morgan fingerprint density at radius 1 is 1.33 bits per heavy atom. The van der Waals surface area contributed by atoms with E-state index in [0.29, 0.717) is 5.92 Å².